The number of benzene rings is 3. The van der Waals surface area contributed by atoms with Crippen molar-refractivity contribution in [2.75, 3.05) is 30.1 Å². The lowest BCUT2D eigenvalue weighted by molar-refractivity contribution is 0.102. The van der Waals surface area contributed by atoms with Crippen molar-refractivity contribution in [2.24, 2.45) is 0 Å². The van der Waals surface area contributed by atoms with E-state index in [1.165, 1.54) is 17.7 Å². The summed E-state index contributed by atoms with van der Waals surface area (Å²) < 4.78 is 37.0. The van der Waals surface area contributed by atoms with E-state index in [0.717, 1.165) is 16.7 Å². The van der Waals surface area contributed by atoms with E-state index < -0.39 is 10.0 Å². The van der Waals surface area contributed by atoms with Crippen LogP contribution >= 0.6 is 0 Å². The van der Waals surface area contributed by atoms with E-state index in [1.54, 1.807) is 49.6 Å². The summed E-state index contributed by atoms with van der Waals surface area (Å²) in [5.74, 6) is 0.796. The van der Waals surface area contributed by atoms with E-state index in [-0.39, 0.29) is 12.5 Å². The lowest BCUT2D eigenvalue weighted by atomic mass is 10.1. The van der Waals surface area contributed by atoms with E-state index in [0.29, 0.717) is 28.4 Å². The van der Waals surface area contributed by atoms with E-state index in [9.17, 15) is 13.2 Å². The molecule has 0 aliphatic rings. The summed E-state index contributed by atoms with van der Waals surface area (Å²) in [5.41, 5.74) is 4.16. The molecule has 174 valence electrons. The summed E-state index contributed by atoms with van der Waals surface area (Å²) in [7, 11) is -0.440. The van der Waals surface area contributed by atoms with Crippen LogP contribution in [0.1, 0.15) is 27.0 Å². The first-order valence-electron chi connectivity index (χ1n) is 10.3. The number of anilines is 2. The van der Waals surface area contributed by atoms with Crippen LogP contribution < -0.4 is 19.1 Å². The van der Waals surface area contributed by atoms with Crippen LogP contribution in [-0.2, 0) is 16.6 Å². The number of hydrogen-bond donors (Lipinski definition) is 1. The third kappa shape index (κ3) is 5.64. The fraction of sp³-hybridized carbons (Fsp3) is 0.240. The average Bonchev–Trinajstić information content (AvgIpc) is 2.78. The van der Waals surface area contributed by atoms with Gasteiger partial charge >= 0.3 is 0 Å². The minimum atomic E-state index is -3.51. The topological polar surface area (TPSA) is 84.9 Å². The lowest BCUT2D eigenvalue weighted by Crippen LogP contribution is -2.30. The number of carbonyl (C=O) groups excluding carboxylic acids is 1. The van der Waals surface area contributed by atoms with Crippen LogP contribution in [0.25, 0.3) is 0 Å². The van der Waals surface area contributed by atoms with Crippen LogP contribution in [0.2, 0.25) is 0 Å². The molecule has 33 heavy (non-hydrogen) atoms. The number of nitrogens with zero attached hydrogens (tertiary/aromatic N) is 1. The predicted molar refractivity (Wildman–Crippen MR) is 131 cm³/mol. The van der Waals surface area contributed by atoms with E-state index >= 15 is 0 Å². The summed E-state index contributed by atoms with van der Waals surface area (Å²) in [5, 5.41) is 2.83. The minimum Gasteiger partial charge on any atom is -0.497 e. The van der Waals surface area contributed by atoms with Crippen LogP contribution in [0.4, 0.5) is 11.4 Å². The maximum atomic E-state index is 12.7. The van der Waals surface area contributed by atoms with Crippen LogP contribution in [0.3, 0.4) is 0 Å². The van der Waals surface area contributed by atoms with Gasteiger partial charge in [0.25, 0.3) is 5.91 Å². The first kappa shape index (κ1) is 24.1. The standard InChI is InChI=1S/C25H28N2O5S/c1-17-7-6-8-18(2)24(17)27(33(5,29)30)16-19-9-11-20(12-10-19)25(28)26-22-14-13-21(31-3)15-23(22)32-4/h6-15H,16H2,1-5H3,(H,26,28). The summed E-state index contributed by atoms with van der Waals surface area (Å²) in [6, 6.07) is 17.7. The Hall–Kier alpha value is -3.52. The fourth-order valence-electron chi connectivity index (χ4n) is 3.58. The smallest absolute Gasteiger partial charge is 0.255 e. The number of rotatable bonds is 8. The molecular weight excluding hydrogens is 440 g/mol. The normalized spacial score (nSPS) is 11.1. The quantitative estimate of drug-likeness (QED) is 0.525. The highest BCUT2D eigenvalue weighted by Gasteiger charge is 2.21. The lowest BCUT2D eigenvalue weighted by Gasteiger charge is -2.26. The van der Waals surface area contributed by atoms with Crippen molar-refractivity contribution in [1.82, 2.24) is 0 Å². The molecule has 1 N–H and O–H groups in total. The van der Waals surface area contributed by atoms with Gasteiger partial charge in [-0.2, -0.15) is 0 Å². The molecular formula is C25H28N2O5S. The Kier molecular flexibility index (Phi) is 7.28. The molecule has 0 saturated heterocycles. The van der Waals surface area contributed by atoms with Crippen LogP contribution in [-0.4, -0.2) is 34.8 Å². The number of aryl methyl sites for hydroxylation is 2. The first-order valence-corrected chi connectivity index (χ1v) is 12.1. The second-order valence-corrected chi connectivity index (χ2v) is 9.63. The van der Waals surface area contributed by atoms with Gasteiger partial charge in [0, 0.05) is 11.6 Å². The van der Waals surface area contributed by atoms with Crippen molar-refractivity contribution in [1.29, 1.82) is 0 Å². The van der Waals surface area contributed by atoms with E-state index in [1.807, 2.05) is 32.0 Å². The molecule has 0 atom stereocenters. The van der Waals surface area contributed by atoms with Gasteiger partial charge in [0.2, 0.25) is 10.0 Å². The fourth-order valence-corrected chi connectivity index (χ4v) is 4.59. The number of sulfonamides is 1. The summed E-state index contributed by atoms with van der Waals surface area (Å²) >= 11 is 0. The average molecular weight is 469 g/mol. The van der Waals surface area contributed by atoms with Gasteiger partial charge in [0.05, 0.1) is 38.4 Å². The van der Waals surface area contributed by atoms with Gasteiger partial charge in [-0.25, -0.2) is 8.42 Å². The zero-order valence-corrected chi connectivity index (χ0v) is 20.2. The molecule has 0 spiro atoms. The van der Waals surface area contributed by atoms with Gasteiger partial charge in [0.1, 0.15) is 11.5 Å². The third-order valence-electron chi connectivity index (χ3n) is 5.29. The zero-order chi connectivity index (χ0) is 24.2. The highest BCUT2D eigenvalue weighted by molar-refractivity contribution is 7.92. The van der Waals surface area contributed by atoms with Gasteiger partial charge in [-0.05, 0) is 54.8 Å². The van der Waals surface area contributed by atoms with Crippen LogP contribution in [0, 0.1) is 13.8 Å². The zero-order valence-electron chi connectivity index (χ0n) is 19.4. The maximum absolute atomic E-state index is 12.7. The Balaban J connectivity index is 1.81. The molecule has 3 aromatic carbocycles. The molecule has 0 radical (unpaired) electrons. The summed E-state index contributed by atoms with van der Waals surface area (Å²) in [6.45, 7) is 3.95. The van der Waals surface area contributed by atoms with E-state index in [2.05, 4.69) is 5.32 Å². The van der Waals surface area contributed by atoms with Crippen LogP contribution in [0.15, 0.2) is 60.7 Å². The molecule has 0 aliphatic carbocycles. The molecule has 7 nitrogen and oxygen atoms in total. The Morgan fingerprint density at radius 3 is 2.12 bits per heavy atom. The largest absolute Gasteiger partial charge is 0.497 e. The SMILES string of the molecule is COc1ccc(NC(=O)c2ccc(CN(c3c(C)cccc3C)S(C)(=O)=O)cc2)c(OC)c1. The number of methoxy groups -OCH3 is 2. The van der Waals surface area contributed by atoms with Crippen molar-refractivity contribution in [3.8, 4) is 11.5 Å². The number of ether oxygens (including phenoxy) is 2. The van der Waals surface area contributed by atoms with Crippen molar-refractivity contribution < 1.29 is 22.7 Å². The van der Waals surface area contributed by atoms with Crippen molar-refractivity contribution >= 4 is 27.3 Å². The molecule has 1 amide bonds. The highest BCUT2D eigenvalue weighted by atomic mass is 32.2. The molecule has 0 aromatic heterocycles. The van der Waals surface area contributed by atoms with Crippen molar-refractivity contribution in [3.05, 3.63) is 82.9 Å². The molecule has 0 bridgehead atoms. The molecule has 0 fully saturated rings. The third-order valence-corrected chi connectivity index (χ3v) is 6.40. The van der Waals surface area contributed by atoms with Gasteiger partial charge in [0.15, 0.2) is 0 Å². The number of amides is 1. The predicted octanol–water partition coefficient (Wildman–Crippen LogP) is 4.54. The number of nitrogens with one attached hydrogen (secondary N) is 1. The molecule has 0 saturated carbocycles. The molecule has 0 heterocycles. The van der Waals surface area contributed by atoms with E-state index in [4.69, 9.17) is 9.47 Å². The van der Waals surface area contributed by atoms with Crippen molar-refractivity contribution in [3.63, 3.8) is 0 Å². The minimum absolute atomic E-state index is 0.165. The number of para-hydroxylation sites is 1. The monoisotopic (exact) mass is 468 g/mol. The Morgan fingerprint density at radius 1 is 0.939 bits per heavy atom. The molecule has 0 unspecified atom stereocenters. The maximum Gasteiger partial charge on any atom is 0.255 e. The molecule has 0 aliphatic heterocycles. The van der Waals surface area contributed by atoms with Crippen molar-refractivity contribution in [2.45, 2.75) is 20.4 Å². The summed E-state index contributed by atoms with van der Waals surface area (Å²) in [6.07, 6.45) is 1.20. The Bertz CT molecular complexity index is 1230. The van der Waals surface area contributed by atoms with Gasteiger partial charge in [-0.15, -0.1) is 0 Å². The second kappa shape index (κ2) is 9.95. The van der Waals surface area contributed by atoms with Gasteiger partial charge in [-0.3, -0.25) is 9.10 Å². The van der Waals surface area contributed by atoms with Crippen LogP contribution in [0.5, 0.6) is 11.5 Å². The molecule has 3 rings (SSSR count). The van der Waals surface area contributed by atoms with Gasteiger partial charge < -0.3 is 14.8 Å². The second-order valence-electron chi connectivity index (χ2n) is 7.73. The molecule has 3 aromatic rings. The summed E-state index contributed by atoms with van der Waals surface area (Å²) in [4.78, 5) is 12.7. The van der Waals surface area contributed by atoms with Gasteiger partial charge in [-0.1, -0.05) is 30.3 Å². The molecule has 8 heteroatoms. The Labute approximate surface area is 195 Å². The number of hydrogen-bond acceptors (Lipinski definition) is 5. The Morgan fingerprint density at radius 2 is 1.58 bits per heavy atom. The highest BCUT2D eigenvalue weighted by Crippen LogP contribution is 2.30. The first-order chi connectivity index (χ1) is 15.6. The number of carbonyl (C=O) groups is 1.